The molecule has 0 N–H and O–H groups in total. The number of rotatable bonds is 4. The number of para-hydroxylation sites is 1. The highest BCUT2D eigenvalue weighted by Crippen LogP contribution is 2.47. The maximum absolute atomic E-state index is 2.50. The number of fused-ring (bicyclic) bond motifs is 5. The topological polar surface area (TPSA) is 4.93 Å². The maximum atomic E-state index is 2.50. The van der Waals surface area contributed by atoms with Gasteiger partial charge < -0.3 is 4.57 Å². The molecule has 0 radical (unpaired) electrons. The number of hydrogen-bond donors (Lipinski definition) is 0. The summed E-state index contributed by atoms with van der Waals surface area (Å²) < 4.78 is 2.50. The fourth-order valence-corrected chi connectivity index (χ4v) is 8.79. The molecule has 1 aromatic heterocycles. The summed E-state index contributed by atoms with van der Waals surface area (Å²) in [4.78, 5) is 0. The van der Waals surface area contributed by atoms with Crippen molar-refractivity contribution in [2.45, 2.75) is 0 Å². The second-order valence-corrected chi connectivity index (χ2v) is 13.6. The summed E-state index contributed by atoms with van der Waals surface area (Å²) in [7, 11) is 0. The van der Waals surface area contributed by atoms with E-state index in [4.69, 9.17) is 0 Å². The molecule has 0 saturated heterocycles. The van der Waals surface area contributed by atoms with Gasteiger partial charge in [0.15, 0.2) is 0 Å². The van der Waals surface area contributed by atoms with Crippen LogP contribution in [0.15, 0.2) is 188 Å². The summed E-state index contributed by atoms with van der Waals surface area (Å²) in [5, 5.41) is 14.1. The summed E-state index contributed by atoms with van der Waals surface area (Å²) >= 11 is 0. The van der Waals surface area contributed by atoms with Gasteiger partial charge in [0.05, 0.1) is 11.2 Å². The van der Waals surface area contributed by atoms with Crippen molar-refractivity contribution < 1.29 is 0 Å². The minimum Gasteiger partial charge on any atom is -0.309 e. The van der Waals surface area contributed by atoms with Gasteiger partial charge in [-0.3, -0.25) is 0 Å². The molecule has 1 heteroatoms. The Bertz CT molecular complexity index is 3100. The van der Waals surface area contributed by atoms with Crippen LogP contribution in [-0.4, -0.2) is 4.57 Å². The van der Waals surface area contributed by atoms with E-state index in [2.05, 4.69) is 193 Å². The number of aromatic nitrogens is 1. The predicted octanol–water partition coefficient (Wildman–Crippen LogP) is 13.8. The fraction of sp³-hybridized carbons (Fsp3) is 0. The standard InChI is InChI=1S/C50H31N/c1-4-14-32(15-5-1)46-38-22-10-11-23-39(38)47(33-16-6-2-7-17-33)43-30-36(28-29-41(43)46)45-31-44-40-24-12-18-34-26-27-35-19-13-25-42(49(35)48(34)40)50(44)51(45)37-20-8-3-9-21-37/h1-31H. The van der Waals surface area contributed by atoms with Gasteiger partial charge in [-0.2, -0.15) is 0 Å². The van der Waals surface area contributed by atoms with Gasteiger partial charge in [-0.15, -0.1) is 0 Å². The van der Waals surface area contributed by atoms with Crippen LogP contribution in [0.4, 0.5) is 0 Å². The van der Waals surface area contributed by atoms with Gasteiger partial charge in [-0.25, -0.2) is 0 Å². The molecule has 0 saturated carbocycles. The molecule has 11 aromatic rings. The summed E-state index contributed by atoms with van der Waals surface area (Å²) in [6.07, 6.45) is 0. The van der Waals surface area contributed by atoms with Gasteiger partial charge in [-0.05, 0) is 101 Å². The second kappa shape index (κ2) is 10.9. The van der Waals surface area contributed by atoms with Crippen molar-refractivity contribution >= 4 is 64.8 Å². The Morgan fingerprint density at radius 2 is 0.804 bits per heavy atom. The maximum Gasteiger partial charge on any atom is 0.0620 e. The lowest BCUT2D eigenvalue weighted by Crippen LogP contribution is -1.98. The molecule has 0 amide bonds. The van der Waals surface area contributed by atoms with Crippen molar-refractivity contribution in [3.05, 3.63) is 188 Å². The van der Waals surface area contributed by atoms with Crippen LogP contribution in [0.2, 0.25) is 0 Å². The number of hydrogen-bond acceptors (Lipinski definition) is 0. The molecule has 0 spiro atoms. The van der Waals surface area contributed by atoms with E-state index < -0.39 is 0 Å². The van der Waals surface area contributed by atoms with Crippen LogP contribution in [0, 0.1) is 0 Å². The predicted molar refractivity (Wildman–Crippen MR) is 218 cm³/mol. The molecule has 0 unspecified atom stereocenters. The van der Waals surface area contributed by atoms with Gasteiger partial charge in [0.25, 0.3) is 0 Å². The molecular weight excluding hydrogens is 615 g/mol. The minimum atomic E-state index is 1.16. The summed E-state index contributed by atoms with van der Waals surface area (Å²) in [6, 6.07) is 69.2. The molecule has 1 heterocycles. The molecule has 11 rings (SSSR count). The van der Waals surface area contributed by atoms with Crippen molar-refractivity contribution in [1.82, 2.24) is 4.57 Å². The van der Waals surface area contributed by atoms with Gasteiger partial charge in [0.2, 0.25) is 0 Å². The largest absolute Gasteiger partial charge is 0.309 e. The first kappa shape index (κ1) is 28.2. The lowest BCUT2D eigenvalue weighted by atomic mass is 9.85. The van der Waals surface area contributed by atoms with E-state index in [1.54, 1.807) is 0 Å². The lowest BCUT2D eigenvalue weighted by Gasteiger charge is -2.19. The third-order valence-corrected chi connectivity index (χ3v) is 10.9. The molecule has 0 bridgehead atoms. The van der Waals surface area contributed by atoms with E-state index in [0.717, 1.165) is 5.69 Å². The molecule has 1 nitrogen and oxygen atoms in total. The normalized spacial score (nSPS) is 11.9. The zero-order valence-electron chi connectivity index (χ0n) is 27.8. The summed E-state index contributed by atoms with van der Waals surface area (Å²) in [5.41, 5.74) is 9.78. The smallest absolute Gasteiger partial charge is 0.0620 e. The first-order valence-corrected chi connectivity index (χ1v) is 17.7. The molecule has 0 atom stereocenters. The van der Waals surface area contributed by atoms with Crippen LogP contribution in [0.1, 0.15) is 0 Å². The van der Waals surface area contributed by atoms with E-state index in [1.165, 1.54) is 98.3 Å². The van der Waals surface area contributed by atoms with Gasteiger partial charge >= 0.3 is 0 Å². The Hall–Kier alpha value is -6.70. The Kier molecular flexibility index (Phi) is 6.02. The van der Waals surface area contributed by atoms with Crippen LogP contribution in [0.25, 0.3) is 104 Å². The molecule has 0 aliphatic carbocycles. The molecule has 0 aliphatic rings. The average Bonchev–Trinajstić information content (AvgIpc) is 3.61. The quantitative estimate of drug-likeness (QED) is 0.133. The van der Waals surface area contributed by atoms with Crippen LogP contribution in [-0.2, 0) is 0 Å². The van der Waals surface area contributed by atoms with E-state index in [1.807, 2.05) is 0 Å². The Balaban J connectivity index is 1.32. The van der Waals surface area contributed by atoms with Crippen LogP contribution < -0.4 is 0 Å². The fourth-order valence-electron chi connectivity index (χ4n) is 8.79. The summed E-state index contributed by atoms with van der Waals surface area (Å²) in [5.74, 6) is 0. The van der Waals surface area contributed by atoms with Crippen molar-refractivity contribution in [2.24, 2.45) is 0 Å². The average molecular weight is 646 g/mol. The minimum absolute atomic E-state index is 1.16. The van der Waals surface area contributed by atoms with Crippen molar-refractivity contribution in [3.8, 4) is 39.2 Å². The highest BCUT2D eigenvalue weighted by molar-refractivity contribution is 6.34. The zero-order valence-corrected chi connectivity index (χ0v) is 27.8. The van der Waals surface area contributed by atoms with Crippen molar-refractivity contribution in [3.63, 3.8) is 0 Å². The Morgan fingerprint density at radius 1 is 0.294 bits per heavy atom. The molecule has 10 aromatic carbocycles. The van der Waals surface area contributed by atoms with Crippen molar-refractivity contribution in [1.29, 1.82) is 0 Å². The highest BCUT2D eigenvalue weighted by Gasteiger charge is 2.22. The van der Waals surface area contributed by atoms with E-state index in [9.17, 15) is 0 Å². The van der Waals surface area contributed by atoms with Gasteiger partial charge in [0, 0.05) is 16.5 Å². The van der Waals surface area contributed by atoms with Crippen molar-refractivity contribution in [2.75, 3.05) is 0 Å². The molecule has 51 heavy (non-hydrogen) atoms. The first-order chi connectivity index (χ1) is 25.3. The number of nitrogens with zero attached hydrogens (tertiary/aromatic N) is 1. The monoisotopic (exact) mass is 645 g/mol. The third-order valence-electron chi connectivity index (χ3n) is 10.9. The van der Waals surface area contributed by atoms with E-state index in [-0.39, 0.29) is 0 Å². The van der Waals surface area contributed by atoms with Crippen LogP contribution in [0.3, 0.4) is 0 Å². The number of benzene rings is 10. The van der Waals surface area contributed by atoms with Gasteiger partial charge in [-0.1, -0.05) is 164 Å². The molecule has 0 fully saturated rings. The molecule has 0 aliphatic heterocycles. The highest BCUT2D eigenvalue weighted by atomic mass is 15.0. The zero-order chi connectivity index (χ0) is 33.5. The van der Waals surface area contributed by atoms with Gasteiger partial charge in [0.1, 0.15) is 0 Å². The first-order valence-electron chi connectivity index (χ1n) is 17.7. The van der Waals surface area contributed by atoms with Crippen LogP contribution >= 0.6 is 0 Å². The van der Waals surface area contributed by atoms with E-state index >= 15 is 0 Å². The second-order valence-electron chi connectivity index (χ2n) is 13.6. The SMILES string of the molecule is c1ccc(-c2c3ccccc3c(-c3ccccc3)c3cc(-c4cc5c6cccc7ccc8cccc(c8c76)c5n4-c4ccccc4)ccc23)cc1. The summed E-state index contributed by atoms with van der Waals surface area (Å²) in [6.45, 7) is 0. The van der Waals surface area contributed by atoms with Crippen LogP contribution in [0.5, 0.6) is 0 Å². The Morgan fingerprint density at radius 3 is 1.45 bits per heavy atom. The van der Waals surface area contributed by atoms with E-state index in [0.29, 0.717) is 0 Å². The Labute approximate surface area is 295 Å². The lowest BCUT2D eigenvalue weighted by molar-refractivity contribution is 1.14. The molecule has 236 valence electrons. The third kappa shape index (κ3) is 4.09. The molecular formula is C50H31N.